The lowest BCUT2D eigenvalue weighted by molar-refractivity contribution is -0.171. The average molecular weight is 649 g/mol. The van der Waals surface area contributed by atoms with Gasteiger partial charge in [-0.05, 0) is 146 Å². The van der Waals surface area contributed by atoms with E-state index in [0.29, 0.717) is 34.3 Å². The minimum Gasteiger partial charge on any atom is -0.417 e. The molecular weight excluding hydrogens is 573 g/mol. The van der Waals surface area contributed by atoms with Crippen LogP contribution >= 0.6 is 0 Å². The smallest absolute Gasteiger partial charge is 0.192 e. The molecule has 258 valence electrons. The van der Waals surface area contributed by atoms with Crippen LogP contribution in [0.4, 0.5) is 0 Å². The maximum absolute atomic E-state index is 11.8. The normalized spacial score (nSPS) is 39.8. The molecule has 4 saturated carbocycles. The molecule has 11 atom stereocenters. The molecule has 4 aliphatic carbocycles. The minimum atomic E-state index is -1.80. The Hall–Kier alpha value is 0.314. The predicted octanol–water partition coefficient (Wildman–Crippen LogP) is 11.5. The maximum Gasteiger partial charge on any atom is 0.192 e. The van der Waals surface area contributed by atoms with Gasteiger partial charge < -0.3 is 14.0 Å². The summed E-state index contributed by atoms with van der Waals surface area (Å²) >= 11 is 0. The highest BCUT2D eigenvalue weighted by Crippen LogP contribution is 2.68. The van der Waals surface area contributed by atoms with Gasteiger partial charge >= 0.3 is 0 Å². The lowest BCUT2D eigenvalue weighted by Gasteiger charge is -2.63. The molecule has 3 nitrogen and oxygen atoms in total. The van der Waals surface area contributed by atoms with Crippen molar-refractivity contribution in [3.8, 4) is 0 Å². The van der Waals surface area contributed by atoms with Crippen molar-refractivity contribution in [2.24, 2.45) is 52.3 Å². The van der Waals surface area contributed by atoms with E-state index in [1.54, 1.807) is 0 Å². The first-order chi connectivity index (χ1) is 20.0. The average Bonchev–Trinajstić information content (AvgIpc) is 3.24. The van der Waals surface area contributed by atoms with Crippen LogP contribution in [0.25, 0.3) is 0 Å². The number of hydrogen-bond donors (Lipinski definition) is 1. The molecule has 0 spiro atoms. The zero-order valence-electron chi connectivity index (χ0n) is 31.9. The molecule has 0 aromatic rings. The van der Waals surface area contributed by atoms with Gasteiger partial charge in [0.1, 0.15) is 0 Å². The summed E-state index contributed by atoms with van der Waals surface area (Å²) in [7, 11) is -3.46. The second-order valence-corrected chi connectivity index (χ2v) is 29.9. The first-order valence-corrected chi connectivity index (χ1v) is 24.8. The highest BCUT2D eigenvalue weighted by atomic mass is 28.4. The molecule has 0 aromatic heterocycles. The van der Waals surface area contributed by atoms with Gasteiger partial charge in [-0.15, -0.1) is 0 Å². The van der Waals surface area contributed by atoms with Crippen molar-refractivity contribution in [1.29, 1.82) is 0 Å². The SMILES string of the molecule is CC(CCC[C@@H](C)C1CCC2C3CC(O)[C@H]4C[C@@H](O[Si](C)(C)C(C)(C)C)CC[C@]4(C)C3CC[C@@]21C)CO[Si](C)(C)C(C)(C)C. The molecule has 0 saturated heterocycles. The summed E-state index contributed by atoms with van der Waals surface area (Å²) in [6.07, 6.45) is 14.3. The van der Waals surface area contributed by atoms with Gasteiger partial charge in [0, 0.05) is 12.7 Å². The van der Waals surface area contributed by atoms with Crippen molar-refractivity contribution in [3.05, 3.63) is 0 Å². The van der Waals surface area contributed by atoms with Gasteiger partial charge in [-0.2, -0.15) is 0 Å². The van der Waals surface area contributed by atoms with E-state index < -0.39 is 16.6 Å². The highest BCUT2D eigenvalue weighted by Gasteiger charge is 2.62. The first-order valence-electron chi connectivity index (χ1n) is 19.0. The molecule has 44 heavy (non-hydrogen) atoms. The zero-order valence-corrected chi connectivity index (χ0v) is 33.9. The van der Waals surface area contributed by atoms with Gasteiger partial charge in [-0.1, -0.05) is 82.1 Å². The zero-order chi connectivity index (χ0) is 33.1. The molecule has 0 heterocycles. The van der Waals surface area contributed by atoms with Gasteiger partial charge in [0.15, 0.2) is 16.6 Å². The molecule has 0 radical (unpaired) electrons. The van der Waals surface area contributed by atoms with Crippen LogP contribution < -0.4 is 0 Å². The summed E-state index contributed by atoms with van der Waals surface area (Å²) in [5.41, 5.74) is 0.743. The number of hydrogen-bond acceptors (Lipinski definition) is 3. The Labute approximate surface area is 277 Å². The van der Waals surface area contributed by atoms with E-state index >= 15 is 0 Å². The molecule has 6 unspecified atom stereocenters. The van der Waals surface area contributed by atoms with E-state index in [0.717, 1.165) is 43.1 Å². The molecule has 4 fully saturated rings. The summed E-state index contributed by atoms with van der Waals surface area (Å²) in [5, 5.41) is 12.4. The summed E-state index contributed by atoms with van der Waals surface area (Å²) in [5.74, 6) is 5.03. The summed E-state index contributed by atoms with van der Waals surface area (Å²) in [6, 6.07) is 0. The molecular formula is C39H76O3Si2. The fourth-order valence-corrected chi connectivity index (χ4v) is 13.1. The molecule has 0 bridgehead atoms. The summed E-state index contributed by atoms with van der Waals surface area (Å²) in [6.45, 7) is 34.9. The van der Waals surface area contributed by atoms with Crippen LogP contribution in [0.15, 0.2) is 0 Å². The van der Waals surface area contributed by atoms with Crippen molar-refractivity contribution < 1.29 is 14.0 Å². The van der Waals surface area contributed by atoms with Crippen LogP contribution in [-0.2, 0) is 8.85 Å². The Morgan fingerprint density at radius 2 is 1.34 bits per heavy atom. The Morgan fingerprint density at radius 3 is 1.95 bits per heavy atom. The second-order valence-electron chi connectivity index (χ2n) is 20.4. The standard InChI is InChI=1S/C39H76O3Si2/c1-27(26-41-43(11,12)36(3,4)5)16-15-17-28(2)31-18-19-32-30-25-35(40)34-24-29(42-44(13,14)37(6,7)8)20-22-39(34,10)33(30)21-23-38(31,32)9/h27-35,40H,15-26H2,1-14H3/t27?,28-,29+,30?,31?,32?,33?,34-,35?,38-,39-/m1/s1. The molecule has 0 amide bonds. The first kappa shape index (κ1) is 37.1. The van der Waals surface area contributed by atoms with Crippen molar-refractivity contribution >= 4 is 16.6 Å². The maximum atomic E-state index is 11.8. The third-order valence-corrected chi connectivity index (χ3v) is 24.6. The molecule has 0 aliphatic heterocycles. The Morgan fingerprint density at radius 1 is 0.750 bits per heavy atom. The number of rotatable bonds is 10. The quantitative estimate of drug-likeness (QED) is 0.240. The van der Waals surface area contributed by atoms with E-state index in [9.17, 15) is 5.11 Å². The molecule has 0 aromatic carbocycles. The third-order valence-electron chi connectivity index (χ3n) is 15.6. The lowest BCUT2D eigenvalue weighted by Crippen LogP contribution is -2.59. The van der Waals surface area contributed by atoms with E-state index in [1.165, 1.54) is 57.8 Å². The number of aliphatic hydroxyl groups is 1. The van der Waals surface area contributed by atoms with E-state index in [2.05, 4.69) is 95.4 Å². The van der Waals surface area contributed by atoms with E-state index in [1.807, 2.05) is 0 Å². The largest absolute Gasteiger partial charge is 0.417 e. The van der Waals surface area contributed by atoms with Gasteiger partial charge in [-0.3, -0.25) is 0 Å². The topological polar surface area (TPSA) is 38.7 Å². The Bertz CT molecular complexity index is 965. The Balaban J connectivity index is 1.34. The fourth-order valence-electron chi connectivity index (χ4n) is 10.6. The van der Waals surface area contributed by atoms with Crippen LogP contribution in [0.5, 0.6) is 0 Å². The minimum absolute atomic E-state index is 0.152. The number of aliphatic hydroxyl groups excluding tert-OH is 1. The van der Waals surface area contributed by atoms with Gasteiger partial charge in [0.25, 0.3) is 0 Å². The summed E-state index contributed by atoms with van der Waals surface area (Å²) < 4.78 is 13.5. The third kappa shape index (κ3) is 7.18. The van der Waals surface area contributed by atoms with Crippen molar-refractivity contribution in [2.45, 2.75) is 188 Å². The van der Waals surface area contributed by atoms with Gasteiger partial charge in [-0.25, -0.2) is 0 Å². The van der Waals surface area contributed by atoms with Gasteiger partial charge in [0.05, 0.1) is 6.10 Å². The summed E-state index contributed by atoms with van der Waals surface area (Å²) in [4.78, 5) is 0. The van der Waals surface area contributed by atoms with Crippen LogP contribution in [0.1, 0.15) is 140 Å². The van der Waals surface area contributed by atoms with Gasteiger partial charge in [0.2, 0.25) is 0 Å². The fraction of sp³-hybridized carbons (Fsp3) is 1.00. The molecule has 5 heteroatoms. The second kappa shape index (κ2) is 13.0. The van der Waals surface area contributed by atoms with Crippen LogP contribution in [0.2, 0.25) is 36.3 Å². The number of fused-ring (bicyclic) bond motifs is 5. The molecule has 1 N–H and O–H groups in total. The van der Waals surface area contributed by atoms with Crippen molar-refractivity contribution in [2.75, 3.05) is 6.61 Å². The monoisotopic (exact) mass is 649 g/mol. The molecule has 4 aliphatic rings. The predicted molar refractivity (Wildman–Crippen MR) is 194 cm³/mol. The Kier molecular flexibility index (Phi) is 11.0. The van der Waals surface area contributed by atoms with E-state index in [-0.39, 0.29) is 16.6 Å². The van der Waals surface area contributed by atoms with E-state index in [4.69, 9.17) is 8.85 Å². The van der Waals surface area contributed by atoms with Crippen molar-refractivity contribution in [3.63, 3.8) is 0 Å². The highest BCUT2D eigenvalue weighted by molar-refractivity contribution is 6.74. The lowest BCUT2D eigenvalue weighted by atomic mass is 9.44. The van der Waals surface area contributed by atoms with Crippen LogP contribution in [0, 0.1) is 52.3 Å². The van der Waals surface area contributed by atoms with Crippen molar-refractivity contribution in [1.82, 2.24) is 0 Å². The molecule has 4 rings (SSSR count). The van der Waals surface area contributed by atoms with Crippen LogP contribution in [0.3, 0.4) is 0 Å². The van der Waals surface area contributed by atoms with Crippen LogP contribution in [-0.4, -0.2) is 40.6 Å².